The van der Waals surface area contributed by atoms with Crippen LogP contribution in [0.3, 0.4) is 0 Å². The lowest BCUT2D eigenvalue weighted by Crippen LogP contribution is -2.05. The molecule has 1 aromatic heterocycles. The van der Waals surface area contributed by atoms with E-state index < -0.39 is 0 Å². The van der Waals surface area contributed by atoms with Gasteiger partial charge in [-0.1, -0.05) is 18.2 Å². The van der Waals surface area contributed by atoms with Gasteiger partial charge in [-0.2, -0.15) is 10.4 Å². The number of rotatable bonds is 2. The maximum atomic E-state index is 13.3. The van der Waals surface area contributed by atoms with Gasteiger partial charge in [-0.15, -0.1) is 0 Å². The van der Waals surface area contributed by atoms with Crippen LogP contribution in [-0.4, -0.2) is 9.78 Å². The van der Waals surface area contributed by atoms with Gasteiger partial charge in [0.1, 0.15) is 17.6 Å². The lowest BCUT2D eigenvalue weighted by atomic mass is 10.2. The Morgan fingerprint density at radius 1 is 1.33 bits per heavy atom. The zero-order valence-electron chi connectivity index (χ0n) is 7.89. The summed E-state index contributed by atoms with van der Waals surface area (Å²) in [5.41, 5.74) is 0.955. The molecule has 0 aliphatic rings. The first-order valence-electron chi connectivity index (χ1n) is 4.46. The van der Waals surface area contributed by atoms with E-state index in [-0.39, 0.29) is 12.4 Å². The van der Waals surface area contributed by atoms with Gasteiger partial charge in [0.2, 0.25) is 0 Å². The Kier molecular flexibility index (Phi) is 2.46. The van der Waals surface area contributed by atoms with E-state index in [2.05, 4.69) is 5.10 Å². The van der Waals surface area contributed by atoms with Gasteiger partial charge in [-0.05, 0) is 12.1 Å². The van der Waals surface area contributed by atoms with Gasteiger partial charge in [0.25, 0.3) is 0 Å². The average Bonchev–Trinajstić information content (AvgIpc) is 2.69. The van der Waals surface area contributed by atoms with Gasteiger partial charge < -0.3 is 0 Å². The number of benzene rings is 1. The summed E-state index contributed by atoms with van der Waals surface area (Å²) in [6.45, 7) is 0.280. The van der Waals surface area contributed by atoms with Crippen molar-refractivity contribution < 1.29 is 4.39 Å². The molecule has 0 N–H and O–H groups in total. The van der Waals surface area contributed by atoms with Gasteiger partial charge in [-0.3, -0.25) is 4.68 Å². The van der Waals surface area contributed by atoms with E-state index in [1.807, 2.05) is 6.07 Å². The number of hydrogen-bond acceptors (Lipinski definition) is 2. The second-order valence-corrected chi connectivity index (χ2v) is 3.08. The van der Waals surface area contributed by atoms with Crippen LogP contribution in [0.2, 0.25) is 0 Å². The summed E-state index contributed by atoms with van der Waals surface area (Å²) in [7, 11) is 0. The third-order valence-corrected chi connectivity index (χ3v) is 2.11. The van der Waals surface area contributed by atoms with E-state index in [4.69, 9.17) is 5.26 Å². The van der Waals surface area contributed by atoms with Crippen LogP contribution in [0, 0.1) is 17.1 Å². The van der Waals surface area contributed by atoms with Crippen LogP contribution >= 0.6 is 0 Å². The summed E-state index contributed by atoms with van der Waals surface area (Å²) >= 11 is 0. The maximum Gasteiger partial charge on any atom is 0.138 e. The predicted molar refractivity (Wildman–Crippen MR) is 52.4 cm³/mol. The zero-order valence-corrected chi connectivity index (χ0v) is 7.89. The van der Waals surface area contributed by atoms with Gasteiger partial charge in [0.15, 0.2) is 0 Å². The van der Waals surface area contributed by atoms with Gasteiger partial charge in [0.05, 0.1) is 12.7 Å². The Morgan fingerprint density at radius 2 is 2.13 bits per heavy atom. The molecule has 0 spiro atoms. The molecule has 3 nitrogen and oxygen atoms in total. The predicted octanol–water partition coefficient (Wildman–Crippen LogP) is 1.94. The standard InChI is InChI=1S/C11H8FN3/c12-11-4-2-1-3-9(11)8-15-10(7-13)5-6-14-15/h1-6H,8H2. The van der Waals surface area contributed by atoms with E-state index in [1.54, 1.807) is 24.3 Å². The normalized spacial score (nSPS) is 9.87. The van der Waals surface area contributed by atoms with E-state index in [0.29, 0.717) is 11.3 Å². The van der Waals surface area contributed by atoms with Gasteiger partial charge >= 0.3 is 0 Å². The molecule has 2 rings (SSSR count). The van der Waals surface area contributed by atoms with Crippen molar-refractivity contribution in [3.8, 4) is 6.07 Å². The molecule has 1 heterocycles. The molecule has 0 amide bonds. The van der Waals surface area contributed by atoms with Crippen molar-refractivity contribution in [1.29, 1.82) is 5.26 Å². The Labute approximate surface area is 86.4 Å². The lowest BCUT2D eigenvalue weighted by molar-refractivity contribution is 0.583. The van der Waals surface area contributed by atoms with Crippen LogP contribution < -0.4 is 0 Å². The molecule has 0 saturated heterocycles. The molecule has 4 heteroatoms. The monoisotopic (exact) mass is 201 g/mol. The van der Waals surface area contributed by atoms with Crippen molar-refractivity contribution in [2.24, 2.45) is 0 Å². The van der Waals surface area contributed by atoms with Crippen LogP contribution in [0.4, 0.5) is 4.39 Å². The van der Waals surface area contributed by atoms with Crippen molar-refractivity contribution in [3.05, 3.63) is 53.6 Å². The van der Waals surface area contributed by atoms with E-state index >= 15 is 0 Å². The summed E-state index contributed by atoms with van der Waals surface area (Å²) < 4.78 is 14.8. The van der Waals surface area contributed by atoms with Crippen molar-refractivity contribution in [2.45, 2.75) is 6.54 Å². The topological polar surface area (TPSA) is 41.6 Å². The third kappa shape index (κ3) is 1.86. The van der Waals surface area contributed by atoms with Gasteiger partial charge in [-0.25, -0.2) is 4.39 Å². The molecule has 0 bridgehead atoms. The van der Waals surface area contributed by atoms with E-state index in [0.717, 1.165) is 0 Å². The second kappa shape index (κ2) is 3.93. The number of nitrogens with zero attached hydrogens (tertiary/aromatic N) is 3. The fraction of sp³-hybridized carbons (Fsp3) is 0.0909. The number of nitriles is 1. The summed E-state index contributed by atoms with van der Waals surface area (Å²) in [5.74, 6) is -0.281. The minimum Gasteiger partial charge on any atom is -0.250 e. The molecular weight excluding hydrogens is 193 g/mol. The molecule has 0 unspecified atom stereocenters. The minimum atomic E-state index is -0.281. The number of halogens is 1. The summed E-state index contributed by atoms with van der Waals surface area (Å²) in [6.07, 6.45) is 1.53. The Hall–Kier alpha value is -2.15. The van der Waals surface area contributed by atoms with Crippen LogP contribution in [0.5, 0.6) is 0 Å². The quantitative estimate of drug-likeness (QED) is 0.745. The lowest BCUT2D eigenvalue weighted by Gasteiger charge is -2.03. The smallest absolute Gasteiger partial charge is 0.138 e. The van der Waals surface area contributed by atoms with Gasteiger partial charge in [0, 0.05) is 5.56 Å². The van der Waals surface area contributed by atoms with Crippen LogP contribution in [-0.2, 0) is 6.54 Å². The second-order valence-electron chi connectivity index (χ2n) is 3.08. The Balaban J connectivity index is 2.31. The fourth-order valence-electron chi connectivity index (χ4n) is 1.34. The minimum absolute atomic E-state index is 0.280. The largest absolute Gasteiger partial charge is 0.250 e. The molecule has 0 atom stereocenters. The highest BCUT2D eigenvalue weighted by Gasteiger charge is 2.05. The van der Waals surface area contributed by atoms with Crippen LogP contribution in [0.15, 0.2) is 36.5 Å². The number of hydrogen-bond donors (Lipinski definition) is 0. The maximum absolute atomic E-state index is 13.3. The Bertz CT molecular complexity index is 511. The Morgan fingerprint density at radius 3 is 2.87 bits per heavy atom. The molecule has 0 radical (unpaired) electrons. The molecular formula is C11H8FN3. The number of aromatic nitrogens is 2. The molecule has 0 saturated carbocycles. The van der Waals surface area contributed by atoms with E-state index in [1.165, 1.54) is 16.9 Å². The molecule has 74 valence electrons. The zero-order chi connectivity index (χ0) is 10.7. The molecule has 0 fully saturated rings. The van der Waals surface area contributed by atoms with Crippen molar-refractivity contribution in [1.82, 2.24) is 9.78 Å². The molecule has 15 heavy (non-hydrogen) atoms. The van der Waals surface area contributed by atoms with E-state index in [9.17, 15) is 4.39 Å². The summed E-state index contributed by atoms with van der Waals surface area (Å²) in [5, 5.41) is 12.7. The molecule has 0 aliphatic heterocycles. The summed E-state index contributed by atoms with van der Waals surface area (Å²) in [6, 6.07) is 10.1. The molecule has 0 aliphatic carbocycles. The van der Waals surface area contributed by atoms with Crippen LogP contribution in [0.1, 0.15) is 11.3 Å². The highest BCUT2D eigenvalue weighted by atomic mass is 19.1. The highest BCUT2D eigenvalue weighted by molar-refractivity contribution is 5.22. The molecule has 2 aromatic rings. The molecule has 1 aromatic carbocycles. The van der Waals surface area contributed by atoms with Crippen LogP contribution in [0.25, 0.3) is 0 Å². The van der Waals surface area contributed by atoms with Crippen molar-refractivity contribution in [2.75, 3.05) is 0 Å². The fourth-order valence-corrected chi connectivity index (χ4v) is 1.34. The van der Waals surface area contributed by atoms with Crippen molar-refractivity contribution >= 4 is 0 Å². The summed E-state index contributed by atoms with van der Waals surface area (Å²) in [4.78, 5) is 0. The third-order valence-electron chi connectivity index (χ3n) is 2.11. The first-order chi connectivity index (χ1) is 7.31. The first kappa shape index (κ1) is 9.41. The average molecular weight is 201 g/mol. The highest BCUT2D eigenvalue weighted by Crippen LogP contribution is 2.09. The SMILES string of the molecule is N#Cc1ccnn1Cc1ccccc1F. The first-order valence-corrected chi connectivity index (χ1v) is 4.46. The van der Waals surface area contributed by atoms with Crippen molar-refractivity contribution in [3.63, 3.8) is 0 Å².